The summed E-state index contributed by atoms with van der Waals surface area (Å²) in [5, 5.41) is 6.87. The first-order valence-electron chi connectivity index (χ1n) is 8.35. The van der Waals surface area contributed by atoms with Crippen LogP contribution >= 0.6 is 45.8 Å². The second kappa shape index (κ2) is 11.6. The van der Waals surface area contributed by atoms with Crippen molar-refractivity contribution in [3.63, 3.8) is 0 Å². The Kier molecular flexibility index (Phi) is 9.23. The third-order valence-electron chi connectivity index (χ3n) is 3.50. The Labute approximate surface area is 197 Å². The number of nitrogens with zero attached hydrogens (tertiary/aromatic N) is 1. The fraction of sp³-hybridized carbons (Fsp3) is 0.150. The molecule has 0 unspecified atom stereocenters. The number of hydrogen-bond donors (Lipinski definition) is 2. The van der Waals surface area contributed by atoms with Gasteiger partial charge in [0, 0.05) is 0 Å². The second-order valence-corrected chi connectivity index (χ2v) is 7.59. The van der Waals surface area contributed by atoms with E-state index in [4.69, 9.17) is 39.1 Å². The van der Waals surface area contributed by atoms with Gasteiger partial charge in [0.15, 0.2) is 11.5 Å². The molecule has 2 aromatic carbocycles. The van der Waals surface area contributed by atoms with Crippen molar-refractivity contribution in [2.24, 2.45) is 5.10 Å². The molecule has 0 spiro atoms. The van der Waals surface area contributed by atoms with Crippen LogP contribution in [0.5, 0.6) is 11.5 Å². The quantitative estimate of drug-likeness (QED) is 0.168. The van der Waals surface area contributed by atoms with Crippen LogP contribution < -0.4 is 20.2 Å². The number of anilines is 1. The van der Waals surface area contributed by atoms with E-state index in [1.165, 1.54) is 13.3 Å². The summed E-state index contributed by atoms with van der Waals surface area (Å²) < 4.78 is 11.5. The smallest absolute Gasteiger partial charge is 0.249 e. The lowest BCUT2D eigenvalue weighted by Gasteiger charge is -2.11. The average Bonchev–Trinajstić information content (AvgIpc) is 2.70. The number of terminal acetylenes is 1. The lowest BCUT2D eigenvalue weighted by Crippen LogP contribution is -2.24. The van der Waals surface area contributed by atoms with Crippen molar-refractivity contribution >= 4 is 69.5 Å². The second-order valence-electron chi connectivity index (χ2n) is 5.65. The van der Waals surface area contributed by atoms with E-state index in [0.717, 1.165) is 3.57 Å². The molecule has 2 aromatic rings. The van der Waals surface area contributed by atoms with Crippen molar-refractivity contribution in [2.45, 2.75) is 6.42 Å². The molecule has 10 heteroatoms. The number of carbonyl (C=O) groups is 2. The first-order chi connectivity index (χ1) is 14.3. The summed E-state index contributed by atoms with van der Waals surface area (Å²) >= 11 is 14.0. The molecule has 0 aliphatic rings. The van der Waals surface area contributed by atoms with E-state index in [9.17, 15) is 9.59 Å². The Morgan fingerprint density at radius 3 is 2.77 bits per heavy atom. The SMILES string of the molecule is C#CCOc1c(I)cc(C=NNC(=O)CC(=O)Nc2cccc(Cl)c2Cl)cc1OC. The first-order valence-corrected chi connectivity index (χ1v) is 10.2. The minimum Gasteiger partial charge on any atom is -0.493 e. The summed E-state index contributed by atoms with van der Waals surface area (Å²) in [4.78, 5) is 23.9. The standard InChI is InChI=1S/C20H16Cl2IN3O4/c1-3-7-30-20-14(23)8-12(9-16(20)29-2)11-24-26-18(28)10-17(27)25-15-6-4-5-13(21)19(15)22/h1,4-6,8-9,11H,7,10H2,2H3,(H,25,27)(H,26,28). The maximum atomic E-state index is 12.0. The lowest BCUT2D eigenvalue weighted by molar-refractivity contribution is -0.126. The van der Waals surface area contributed by atoms with Gasteiger partial charge in [-0.2, -0.15) is 5.10 Å². The van der Waals surface area contributed by atoms with Crippen molar-refractivity contribution in [3.05, 3.63) is 49.5 Å². The van der Waals surface area contributed by atoms with Gasteiger partial charge in [0.05, 0.1) is 32.6 Å². The maximum absolute atomic E-state index is 12.0. The van der Waals surface area contributed by atoms with Crippen LogP contribution in [0.3, 0.4) is 0 Å². The first kappa shape index (κ1) is 23.8. The van der Waals surface area contributed by atoms with Crippen LogP contribution in [-0.4, -0.2) is 31.7 Å². The van der Waals surface area contributed by atoms with Gasteiger partial charge in [-0.1, -0.05) is 35.2 Å². The molecular weight excluding hydrogens is 544 g/mol. The molecule has 2 N–H and O–H groups in total. The van der Waals surface area contributed by atoms with E-state index >= 15 is 0 Å². The van der Waals surface area contributed by atoms with Crippen molar-refractivity contribution in [1.82, 2.24) is 5.43 Å². The number of nitrogens with one attached hydrogen (secondary N) is 2. The molecule has 0 aliphatic carbocycles. The fourth-order valence-electron chi connectivity index (χ4n) is 2.23. The zero-order valence-corrected chi connectivity index (χ0v) is 19.3. The van der Waals surface area contributed by atoms with Gasteiger partial charge in [0.1, 0.15) is 13.0 Å². The van der Waals surface area contributed by atoms with Gasteiger partial charge in [0.2, 0.25) is 11.8 Å². The Hall–Kier alpha value is -2.48. The van der Waals surface area contributed by atoms with E-state index in [2.05, 4.69) is 44.4 Å². The van der Waals surface area contributed by atoms with Crippen LogP contribution in [0.15, 0.2) is 35.4 Å². The molecular formula is C20H16Cl2IN3O4. The predicted molar refractivity (Wildman–Crippen MR) is 125 cm³/mol. The van der Waals surface area contributed by atoms with Crippen LogP contribution in [0.25, 0.3) is 0 Å². The van der Waals surface area contributed by atoms with E-state index in [-0.39, 0.29) is 11.6 Å². The summed E-state index contributed by atoms with van der Waals surface area (Å²) in [5.41, 5.74) is 3.26. The number of ether oxygens (including phenoxy) is 2. The largest absolute Gasteiger partial charge is 0.493 e. The van der Waals surface area contributed by atoms with Gasteiger partial charge in [0.25, 0.3) is 0 Å². The van der Waals surface area contributed by atoms with Crippen LogP contribution in [0.4, 0.5) is 5.69 Å². The Morgan fingerprint density at radius 2 is 2.07 bits per heavy atom. The third-order valence-corrected chi connectivity index (χ3v) is 5.12. The molecule has 0 aromatic heterocycles. The average molecular weight is 560 g/mol. The summed E-state index contributed by atoms with van der Waals surface area (Å²) in [7, 11) is 1.50. The molecule has 7 nitrogen and oxygen atoms in total. The van der Waals surface area contributed by atoms with E-state index in [1.54, 1.807) is 30.3 Å². The highest BCUT2D eigenvalue weighted by Gasteiger charge is 2.13. The van der Waals surface area contributed by atoms with Gasteiger partial charge >= 0.3 is 0 Å². The zero-order valence-electron chi connectivity index (χ0n) is 15.7. The van der Waals surface area contributed by atoms with Crippen molar-refractivity contribution in [3.8, 4) is 23.8 Å². The van der Waals surface area contributed by atoms with Crippen molar-refractivity contribution in [2.75, 3.05) is 19.0 Å². The van der Waals surface area contributed by atoms with Gasteiger partial charge in [-0.05, 0) is 52.4 Å². The van der Waals surface area contributed by atoms with Gasteiger partial charge in [-0.15, -0.1) is 6.42 Å². The molecule has 0 aliphatic heterocycles. The number of carbonyl (C=O) groups excluding carboxylic acids is 2. The highest BCUT2D eigenvalue weighted by Crippen LogP contribution is 2.33. The summed E-state index contributed by atoms with van der Waals surface area (Å²) in [5.74, 6) is 2.23. The monoisotopic (exact) mass is 559 g/mol. The normalized spacial score (nSPS) is 10.4. The minimum atomic E-state index is -0.600. The van der Waals surface area contributed by atoms with Crippen LogP contribution in [0.2, 0.25) is 10.0 Å². The number of benzene rings is 2. The van der Waals surface area contributed by atoms with E-state index in [1.807, 2.05) is 0 Å². The molecule has 30 heavy (non-hydrogen) atoms. The molecule has 0 saturated heterocycles. The topological polar surface area (TPSA) is 89.0 Å². The molecule has 0 radical (unpaired) electrons. The molecule has 0 atom stereocenters. The Morgan fingerprint density at radius 1 is 1.30 bits per heavy atom. The molecule has 0 bridgehead atoms. The summed E-state index contributed by atoms with van der Waals surface area (Å²) in [6, 6.07) is 8.25. The van der Waals surface area contributed by atoms with Gasteiger partial charge < -0.3 is 14.8 Å². The van der Waals surface area contributed by atoms with Crippen molar-refractivity contribution < 1.29 is 19.1 Å². The molecule has 0 fully saturated rings. The third kappa shape index (κ3) is 6.79. The number of halogens is 3. The highest BCUT2D eigenvalue weighted by molar-refractivity contribution is 14.1. The molecule has 0 saturated carbocycles. The lowest BCUT2D eigenvalue weighted by atomic mass is 10.2. The van der Waals surface area contributed by atoms with Crippen molar-refractivity contribution in [1.29, 1.82) is 0 Å². The predicted octanol–water partition coefficient (Wildman–Crippen LogP) is 4.10. The summed E-state index contributed by atoms with van der Waals surface area (Å²) in [6.45, 7) is 0.109. The summed E-state index contributed by atoms with van der Waals surface area (Å²) in [6.07, 6.45) is 6.18. The van der Waals surface area contributed by atoms with Crippen LogP contribution in [0, 0.1) is 15.9 Å². The number of hydrazone groups is 1. The number of amides is 2. The Bertz CT molecular complexity index is 1020. The number of methoxy groups -OCH3 is 1. The highest BCUT2D eigenvalue weighted by atomic mass is 127. The molecule has 156 valence electrons. The fourth-order valence-corrected chi connectivity index (χ4v) is 3.36. The van der Waals surface area contributed by atoms with E-state index in [0.29, 0.717) is 27.8 Å². The van der Waals surface area contributed by atoms with Gasteiger partial charge in [-0.3, -0.25) is 9.59 Å². The molecule has 2 rings (SSSR count). The minimum absolute atomic E-state index is 0.109. The van der Waals surface area contributed by atoms with Crippen LogP contribution in [-0.2, 0) is 9.59 Å². The van der Waals surface area contributed by atoms with Gasteiger partial charge in [-0.25, -0.2) is 5.43 Å². The molecule has 2 amide bonds. The number of rotatable bonds is 8. The number of hydrogen-bond acceptors (Lipinski definition) is 5. The zero-order chi connectivity index (χ0) is 22.1. The van der Waals surface area contributed by atoms with E-state index < -0.39 is 18.2 Å². The Balaban J connectivity index is 1.95. The molecule has 0 heterocycles. The van der Waals surface area contributed by atoms with Crippen LogP contribution in [0.1, 0.15) is 12.0 Å². The maximum Gasteiger partial charge on any atom is 0.249 e.